The van der Waals surface area contributed by atoms with Crippen LogP contribution in [0.1, 0.15) is 17.3 Å². The van der Waals surface area contributed by atoms with Crippen LogP contribution >= 0.6 is 11.6 Å². The number of Topliss-reactive ketones (excluding diaryl/α,β-unsaturated/α-hetero) is 1. The average Bonchev–Trinajstić information content (AvgIpc) is 2.27. The van der Waals surface area contributed by atoms with Crippen LogP contribution in [0, 0.1) is 5.82 Å². The molecule has 0 saturated heterocycles. The number of carbonyl (C=O) groups excluding carboxylic acids is 1. The van der Waals surface area contributed by atoms with Crippen molar-refractivity contribution in [2.75, 3.05) is 5.75 Å². The second kappa shape index (κ2) is 4.93. The van der Waals surface area contributed by atoms with E-state index in [4.69, 9.17) is 11.6 Å². The predicted molar refractivity (Wildman–Crippen MR) is 59.8 cm³/mol. The van der Waals surface area contributed by atoms with Crippen LogP contribution in [0.2, 0.25) is 0 Å². The molecule has 3 nitrogen and oxygen atoms in total. The third-order valence-electron chi connectivity index (χ3n) is 2.03. The van der Waals surface area contributed by atoms with Gasteiger partial charge >= 0.3 is 0 Å². The van der Waals surface area contributed by atoms with Gasteiger partial charge in [-0.25, -0.2) is 12.8 Å². The molecule has 0 aliphatic carbocycles. The lowest BCUT2D eigenvalue weighted by atomic mass is 10.1. The number of alkyl halides is 1. The smallest absolute Gasteiger partial charge is 0.197 e. The van der Waals surface area contributed by atoms with E-state index >= 15 is 0 Å². The molecule has 0 fully saturated rings. The molecule has 0 aromatic heterocycles. The highest BCUT2D eigenvalue weighted by atomic mass is 35.5. The fourth-order valence-corrected chi connectivity index (χ4v) is 2.34. The molecule has 1 aromatic carbocycles. The number of benzene rings is 1. The molecule has 16 heavy (non-hydrogen) atoms. The maximum atomic E-state index is 12.8. The molecule has 0 N–H and O–H groups in total. The van der Waals surface area contributed by atoms with Gasteiger partial charge in [-0.15, -0.1) is 0 Å². The van der Waals surface area contributed by atoms with Crippen LogP contribution in [-0.4, -0.2) is 24.7 Å². The summed E-state index contributed by atoms with van der Waals surface area (Å²) in [6, 6.07) is 4.77. The third kappa shape index (κ3) is 2.80. The van der Waals surface area contributed by atoms with Crippen molar-refractivity contribution in [3.8, 4) is 0 Å². The Labute approximate surface area is 98.1 Å². The summed E-state index contributed by atoms with van der Waals surface area (Å²) in [6.45, 7) is 1.39. The second-order valence-corrected chi connectivity index (χ2v) is 6.21. The van der Waals surface area contributed by atoms with Gasteiger partial charge in [-0.3, -0.25) is 4.79 Å². The fourth-order valence-electron chi connectivity index (χ4n) is 1.08. The van der Waals surface area contributed by atoms with E-state index < -0.39 is 26.1 Å². The highest BCUT2D eigenvalue weighted by Gasteiger charge is 2.29. The number of sulfone groups is 1. The van der Waals surface area contributed by atoms with Gasteiger partial charge in [0, 0.05) is 11.3 Å². The van der Waals surface area contributed by atoms with Crippen LogP contribution in [0.15, 0.2) is 24.3 Å². The molecular formula is C10H10ClFO3S. The summed E-state index contributed by atoms with van der Waals surface area (Å²) in [7, 11) is -3.66. The third-order valence-corrected chi connectivity index (χ3v) is 4.69. The summed E-state index contributed by atoms with van der Waals surface area (Å²) in [6.07, 6.45) is 0. The molecule has 0 aliphatic heterocycles. The quantitative estimate of drug-likeness (QED) is 0.617. The van der Waals surface area contributed by atoms with Crippen LogP contribution < -0.4 is 0 Å². The number of carbonyl (C=O) groups is 1. The largest absolute Gasteiger partial charge is 0.291 e. The Hall–Kier alpha value is -0.940. The van der Waals surface area contributed by atoms with E-state index in [-0.39, 0.29) is 11.3 Å². The van der Waals surface area contributed by atoms with E-state index in [1.54, 1.807) is 0 Å². The minimum atomic E-state index is -3.66. The number of hydrogen-bond donors (Lipinski definition) is 0. The molecule has 0 spiro atoms. The van der Waals surface area contributed by atoms with Gasteiger partial charge in [-0.1, -0.05) is 30.7 Å². The van der Waals surface area contributed by atoms with Crippen LogP contribution in [-0.2, 0) is 9.84 Å². The van der Waals surface area contributed by atoms with Crippen molar-refractivity contribution in [1.29, 1.82) is 0 Å². The van der Waals surface area contributed by atoms with E-state index in [9.17, 15) is 17.6 Å². The van der Waals surface area contributed by atoms with Gasteiger partial charge < -0.3 is 0 Å². The Morgan fingerprint density at radius 1 is 1.50 bits per heavy atom. The summed E-state index contributed by atoms with van der Waals surface area (Å²) in [5, 5.41) is 0. The molecule has 0 bridgehead atoms. The highest BCUT2D eigenvalue weighted by molar-refractivity contribution is 7.94. The molecule has 1 aromatic rings. The summed E-state index contributed by atoms with van der Waals surface area (Å²) in [5.41, 5.74) is -0.0444. The van der Waals surface area contributed by atoms with Crippen LogP contribution in [0.3, 0.4) is 0 Å². The summed E-state index contributed by atoms with van der Waals surface area (Å²) in [5.74, 6) is -1.64. The molecule has 1 rings (SSSR count). The first-order chi connectivity index (χ1) is 7.38. The standard InChI is InChI=1S/C10H10ClFO3S/c1-2-16(14,15)10(11)9(13)7-4-3-5-8(12)6-7/h3-6,10H,2H2,1H3/t10-/m0/s1. The Morgan fingerprint density at radius 3 is 2.62 bits per heavy atom. The summed E-state index contributed by atoms with van der Waals surface area (Å²) in [4.78, 5) is 11.6. The van der Waals surface area contributed by atoms with E-state index in [1.165, 1.54) is 19.1 Å². The lowest BCUT2D eigenvalue weighted by Crippen LogP contribution is -2.26. The number of halogens is 2. The zero-order chi connectivity index (χ0) is 12.3. The van der Waals surface area contributed by atoms with E-state index in [1.807, 2.05) is 0 Å². The Morgan fingerprint density at radius 2 is 2.12 bits per heavy atom. The van der Waals surface area contributed by atoms with Crippen LogP contribution in [0.25, 0.3) is 0 Å². The van der Waals surface area contributed by atoms with Crippen molar-refractivity contribution < 1.29 is 17.6 Å². The van der Waals surface area contributed by atoms with Crippen molar-refractivity contribution in [2.24, 2.45) is 0 Å². The molecule has 0 radical (unpaired) electrons. The monoisotopic (exact) mass is 264 g/mol. The minimum Gasteiger partial charge on any atom is -0.291 e. The molecule has 0 saturated carbocycles. The van der Waals surface area contributed by atoms with Gasteiger partial charge in [0.1, 0.15) is 5.82 Å². The lowest BCUT2D eigenvalue weighted by Gasteiger charge is -2.08. The van der Waals surface area contributed by atoms with Crippen molar-refractivity contribution in [1.82, 2.24) is 0 Å². The predicted octanol–water partition coefficient (Wildman–Crippen LogP) is 2.01. The normalized spacial score (nSPS) is 13.4. The highest BCUT2D eigenvalue weighted by Crippen LogP contribution is 2.15. The van der Waals surface area contributed by atoms with Crippen LogP contribution in [0.4, 0.5) is 4.39 Å². The molecule has 88 valence electrons. The van der Waals surface area contributed by atoms with Crippen LogP contribution in [0.5, 0.6) is 0 Å². The maximum Gasteiger partial charge on any atom is 0.197 e. The van der Waals surface area contributed by atoms with Crippen molar-refractivity contribution in [3.05, 3.63) is 35.6 Å². The molecular weight excluding hydrogens is 255 g/mol. The Bertz CT molecular complexity index is 499. The van der Waals surface area contributed by atoms with Gasteiger partial charge in [-0.2, -0.15) is 0 Å². The molecule has 1 atom stereocenters. The Kier molecular flexibility index (Phi) is 4.04. The number of rotatable bonds is 4. The fraction of sp³-hybridized carbons (Fsp3) is 0.300. The first-order valence-corrected chi connectivity index (χ1v) is 6.69. The molecule has 6 heteroatoms. The topological polar surface area (TPSA) is 51.2 Å². The zero-order valence-electron chi connectivity index (χ0n) is 8.48. The minimum absolute atomic E-state index is 0.0444. The SMILES string of the molecule is CCS(=O)(=O)[C@H](Cl)C(=O)c1cccc(F)c1. The van der Waals surface area contributed by atoms with Gasteiger partial charge in [0.05, 0.1) is 0 Å². The zero-order valence-corrected chi connectivity index (χ0v) is 10.1. The van der Waals surface area contributed by atoms with E-state index in [2.05, 4.69) is 0 Å². The molecule has 0 heterocycles. The number of hydrogen-bond acceptors (Lipinski definition) is 3. The maximum absolute atomic E-state index is 12.8. The first kappa shape index (κ1) is 13.1. The van der Waals surface area contributed by atoms with Crippen molar-refractivity contribution in [3.63, 3.8) is 0 Å². The molecule has 0 unspecified atom stereocenters. The first-order valence-electron chi connectivity index (χ1n) is 4.54. The second-order valence-electron chi connectivity index (χ2n) is 3.14. The van der Waals surface area contributed by atoms with Gasteiger partial charge in [-0.05, 0) is 12.1 Å². The average molecular weight is 265 g/mol. The van der Waals surface area contributed by atoms with Crippen molar-refractivity contribution >= 4 is 27.2 Å². The van der Waals surface area contributed by atoms with E-state index in [0.717, 1.165) is 12.1 Å². The summed E-state index contributed by atoms with van der Waals surface area (Å²) < 4.78 is 33.9. The van der Waals surface area contributed by atoms with Gasteiger partial charge in [0.15, 0.2) is 20.3 Å². The number of ketones is 1. The van der Waals surface area contributed by atoms with Crippen molar-refractivity contribution in [2.45, 2.75) is 11.6 Å². The molecule has 0 amide bonds. The van der Waals surface area contributed by atoms with Gasteiger partial charge in [0.25, 0.3) is 0 Å². The summed E-state index contributed by atoms with van der Waals surface area (Å²) >= 11 is 5.55. The lowest BCUT2D eigenvalue weighted by molar-refractivity contribution is 0.101. The van der Waals surface area contributed by atoms with E-state index in [0.29, 0.717) is 0 Å². The van der Waals surface area contributed by atoms with Gasteiger partial charge in [0.2, 0.25) is 0 Å². The Balaban J connectivity index is 3.04. The molecule has 0 aliphatic rings.